The highest BCUT2D eigenvalue weighted by atomic mass is 79.9. The molecular weight excluding hydrogens is 237 g/mol. The van der Waals surface area contributed by atoms with Gasteiger partial charge in [0.15, 0.2) is 0 Å². The van der Waals surface area contributed by atoms with Gasteiger partial charge >= 0.3 is 0 Å². The van der Waals surface area contributed by atoms with Crippen molar-refractivity contribution in [1.29, 1.82) is 0 Å². The molecule has 0 aromatic heterocycles. The van der Waals surface area contributed by atoms with Crippen molar-refractivity contribution in [2.45, 2.75) is 12.8 Å². The molecule has 0 saturated carbocycles. The van der Waals surface area contributed by atoms with Gasteiger partial charge in [0.1, 0.15) is 0 Å². The minimum absolute atomic E-state index is 0. The van der Waals surface area contributed by atoms with Gasteiger partial charge in [0.05, 0.1) is 0 Å². The summed E-state index contributed by atoms with van der Waals surface area (Å²) >= 11 is 3.39. The second-order valence-corrected chi connectivity index (χ2v) is 3.60. The van der Waals surface area contributed by atoms with Crippen molar-refractivity contribution in [2.75, 3.05) is 6.54 Å². The molecule has 0 heterocycles. The molecule has 0 amide bonds. The van der Waals surface area contributed by atoms with Gasteiger partial charge in [-0.1, -0.05) is 35.0 Å². The largest absolute Gasteiger partial charge is 0.330 e. The van der Waals surface area contributed by atoms with Gasteiger partial charge in [-0.3, -0.25) is 0 Å². The molecule has 0 bridgehead atoms. The third-order valence-electron chi connectivity index (χ3n) is 1.79. The fourth-order valence-corrected chi connectivity index (χ4v) is 1.19. The SMILES string of the molecule is C[C@H](CN)c1ccc(Br)cc1.Cl. The van der Waals surface area contributed by atoms with E-state index in [1.807, 2.05) is 12.1 Å². The third-order valence-corrected chi connectivity index (χ3v) is 2.32. The Balaban J connectivity index is 0.00000121. The predicted molar refractivity (Wildman–Crippen MR) is 58.9 cm³/mol. The second-order valence-electron chi connectivity index (χ2n) is 2.69. The first-order valence-electron chi connectivity index (χ1n) is 3.69. The highest BCUT2D eigenvalue weighted by Crippen LogP contribution is 2.16. The summed E-state index contributed by atoms with van der Waals surface area (Å²) in [6, 6.07) is 8.28. The van der Waals surface area contributed by atoms with Crippen LogP contribution in [-0.4, -0.2) is 6.54 Å². The first-order chi connectivity index (χ1) is 5.24. The lowest BCUT2D eigenvalue weighted by Crippen LogP contribution is -2.08. The molecule has 1 rings (SSSR count). The summed E-state index contributed by atoms with van der Waals surface area (Å²) in [6.45, 7) is 2.84. The molecular formula is C9H13BrClN. The smallest absolute Gasteiger partial charge is 0.0175 e. The fourth-order valence-electron chi connectivity index (χ4n) is 0.927. The molecule has 2 N–H and O–H groups in total. The quantitative estimate of drug-likeness (QED) is 0.858. The lowest BCUT2D eigenvalue weighted by molar-refractivity contribution is 0.774. The topological polar surface area (TPSA) is 26.0 Å². The van der Waals surface area contributed by atoms with Gasteiger partial charge in [0, 0.05) is 4.47 Å². The van der Waals surface area contributed by atoms with Crippen LogP contribution in [0.4, 0.5) is 0 Å². The van der Waals surface area contributed by atoms with E-state index < -0.39 is 0 Å². The van der Waals surface area contributed by atoms with Gasteiger partial charge in [-0.15, -0.1) is 12.4 Å². The number of benzene rings is 1. The molecule has 0 saturated heterocycles. The van der Waals surface area contributed by atoms with E-state index in [0.717, 1.165) is 4.47 Å². The van der Waals surface area contributed by atoms with Crippen LogP contribution in [0.1, 0.15) is 18.4 Å². The van der Waals surface area contributed by atoms with Crippen LogP contribution >= 0.6 is 28.3 Å². The Bertz CT molecular complexity index is 222. The van der Waals surface area contributed by atoms with Crippen LogP contribution < -0.4 is 5.73 Å². The minimum Gasteiger partial charge on any atom is -0.330 e. The number of nitrogens with two attached hydrogens (primary N) is 1. The molecule has 0 aliphatic rings. The molecule has 1 aromatic carbocycles. The maximum atomic E-state index is 5.53. The second kappa shape index (κ2) is 5.57. The Morgan fingerprint density at radius 3 is 2.25 bits per heavy atom. The normalized spacial score (nSPS) is 11.9. The van der Waals surface area contributed by atoms with Crippen molar-refractivity contribution in [3.63, 3.8) is 0 Å². The van der Waals surface area contributed by atoms with Gasteiger partial charge in [-0.2, -0.15) is 0 Å². The summed E-state index contributed by atoms with van der Waals surface area (Å²) in [4.78, 5) is 0. The van der Waals surface area contributed by atoms with Gasteiger partial charge in [0.2, 0.25) is 0 Å². The van der Waals surface area contributed by atoms with Gasteiger partial charge in [-0.25, -0.2) is 0 Å². The first kappa shape index (κ1) is 11.9. The maximum absolute atomic E-state index is 5.53. The Labute approximate surface area is 87.9 Å². The summed E-state index contributed by atoms with van der Waals surface area (Å²) < 4.78 is 1.12. The number of hydrogen-bond donors (Lipinski definition) is 1. The summed E-state index contributed by atoms with van der Waals surface area (Å²) in [5.41, 5.74) is 6.83. The van der Waals surface area contributed by atoms with E-state index in [1.165, 1.54) is 5.56 Å². The van der Waals surface area contributed by atoms with Crippen molar-refractivity contribution in [3.05, 3.63) is 34.3 Å². The van der Waals surface area contributed by atoms with Crippen molar-refractivity contribution < 1.29 is 0 Å². The molecule has 0 fully saturated rings. The number of hydrogen-bond acceptors (Lipinski definition) is 1. The van der Waals surface area contributed by atoms with Gasteiger partial charge < -0.3 is 5.73 Å². The van der Waals surface area contributed by atoms with Crippen molar-refractivity contribution >= 4 is 28.3 Å². The molecule has 1 nitrogen and oxygen atoms in total. The van der Waals surface area contributed by atoms with Crippen LogP contribution in [0.3, 0.4) is 0 Å². The maximum Gasteiger partial charge on any atom is 0.0175 e. The number of rotatable bonds is 2. The lowest BCUT2D eigenvalue weighted by Gasteiger charge is -2.07. The molecule has 0 aliphatic heterocycles. The molecule has 68 valence electrons. The van der Waals surface area contributed by atoms with E-state index in [9.17, 15) is 0 Å². The fraction of sp³-hybridized carbons (Fsp3) is 0.333. The standard InChI is InChI=1S/C9H12BrN.ClH/c1-7(6-11)8-2-4-9(10)5-3-8;/h2-5,7H,6,11H2,1H3;1H/t7-;/m1./s1. The van der Waals surface area contributed by atoms with E-state index in [2.05, 4.69) is 35.0 Å². The van der Waals surface area contributed by atoms with E-state index in [4.69, 9.17) is 5.73 Å². The summed E-state index contributed by atoms with van der Waals surface area (Å²) in [5.74, 6) is 0.461. The molecule has 0 aliphatic carbocycles. The van der Waals surface area contributed by atoms with Crippen molar-refractivity contribution in [2.24, 2.45) is 5.73 Å². The van der Waals surface area contributed by atoms with Gasteiger partial charge in [0.25, 0.3) is 0 Å². The molecule has 0 spiro atoms. The summed E-state index contributed by atoms with van der Waals surface area (Å²) in [7, 11) is 0. The molecule has 12 heavy (non-hydrogen) atoms. The molecule has 3 heteroatoms. The van der Waals surface area contributed by atoms with Gasteiger partial charge in [-0.05, 0) is 30.2 Å². The van der Waals surface area contributed by atoms with E-state index in [0.29, 0.717) is 12.5 Å². The highest BCUT2D eigenvalue weighted by Gasteiger charge is 2.00. The lowest BCUT2D eigenvalue weighted by atomic mass is 10.0. The molecule has 1 atom stereocenters. The Morgan fingerprint density at radius 2 is 1.83 bits per heavy atom. The van der Waals surface area contributed by atoms with Crippen LogP contribution in [0.5, 0.6) is 0 Å². The van der Waals surface area contributed by atoms with Crippen LogP contribution in [0.15, 0.2) is 28.7 Å². The van der Waals surface area contributed by atoms with E-state index >= 15 is 0 Å². The average molecular weight is 251 g/mol. The monoisotopic (exact) mass is 249 g/mol. The Morgan fingerprint density at radius 1 is 1.33 bits per heavy atom. The molecule has 1 aromatic rings. The zero-order valence-corrected chi connectivity index (χ0v) is 9.36. The van der Waals surface area contributed by atoms with E-state index in [-0.39, 0.29) is 12.4 Å². The number of halogens is 2. The minimum atomic E-state index is 0. The van der Waals surface area contributed by atoms with Crippen molar-refractivity contribution in [1.82, 2.24) is 0 Å². The molecule has 0 radical (unpaired) electrons. The van der Waals surface area contributed by atoms with Crippen LogP contribution in [0.2, 0.25) is 0 Å². The zero-order chi connectivity index (χ0) is 8.27. The summed E-state index contributed by atoms with van der Waals surface area (Å²) in [5, 5.41) is 0. The third kappa shape index (κ3) is 3.13. The van der Waals surface area contributed by atoms with Crippen LogP contribution in [-0.2, 0) is 0 Å². The van der Waals surface area contributed by atoms with Crippen LogP contribution in [0, 0.1) is 0 Å². The first-order valence-corrected chi connectivity index (χ1v) is 4.49. The zero-order valence-electron chi connectivity index (χ0n) is 6.96. The summed E-state index contributed by atoms with van der Waals surface area (Å²) in [6.07, 6.45) is 0. The highest BCUT2D eigenvalue weighted by molar-refractivity contribution is 9.10. The van der Waals surface area contributed by atoms with Crippen LogP contribution in [0.25, 0.3) is 0 Å². The Kier molecular flexibility index (Phi) is 5.55. The average Bonchev–Trinajstić information content (AvgIpc) is 2.05. The predicted octanol–water partition coefficient (Wildman–Crippen LogP) is 2.93. The van der Waals surface area contributed by atoms with Crippen molar-refractivity contribution in [3.8, 4) is 0 Å². The molecule has 0 unspecified atom stereocenters. The van der Waals surface area contributed by atoms with E-state index in [1.54, 1.807) is 0 Å². The Hall–Kier alpha value is -0.0500.